The van der Waals surface area contributed by atoms with Crippen LogP contribution in [0.25, 0.3) is 0 Å². The molecular weight excluding hydrogens is 456 g/mol. The summed E-state index contributed by atoms with van der Waals surface area (Å²) in [5.74, 6) is 5.37. The van der Waals surface area contributed by atoms with Crippen LogP contribution in [0.3, 0.4) is 0 Å². The minimum atomic E-state index is -0.710. The molecule has 2 bridgehead atoms. The molecule has 3 saturated heterocycles. The van der Waals surface area contributed by atoms with Crippen molar-refractivity contribution in [3.63, 3.8) is 0 Å². The first-order chi connectivity index (χ1) is 16.5. The lowest BCUT2D eigenvalue weighted by Crippen LogP contribution is -2.57. The van der Waals surface area contributed by atoms with Crippen molar-refractivity contribution in [3.05, 3.63) is 29.3 Å². The number of aryl methyl sites for hydroxylation is 1. The van der Waals surface area contributed by atoms with E-state index >= 15 is 0 Å². The van der Waals surface area contributed by atoms with E-state index in [-0.39, 0.29) is 42.0 Å². The Labute approximate surface area is 202 Å². The molecule has 1 saturated carbocycles. The molecule has 6 rings (SSSR count). The molecule has 5 aliphatic rings. The Balaban J connectivity index is 1.10. The molecule has 34 heavy (non-hydrogen) atoms. The Bertz CT molecular complexity index is 1060. The van der Waals surface area contributed by atoms with E-state index in [0.717, 1.165) is 55.6 Å². The van der Waals surface area contributed by atoms with Gasteiger partial charge in [0, 0.05) is 30.1 Å². The molecule has 1 unspecified atom stereocenters. The summed E-state index contributed by atoms with van der Waals surface area (Å²) in [4.78, 5) is 37.4. The second kappa shape index (κ2) is 8.48. The number of amides is 2. The van der Waals surface area contributed by atoms with Crippen molar-refractivity contribution in [2.75, 3.05) is 13.1 Å². The lowest BCUT2D eigenvalue weighted by atomic mass is 10.1. The number of piperazine rings is 1. The Kier molecular flexibility index (Phi) is 5.55. The highest BCUT2D eigenvalue weighted by Crippen LogP contribution is 2.48. The fraction of sp³-hybridized carbons (Fsp3) is 0.609. The summed E-state index contributed by atoms with van der Waals surface area (Å²) in [5.41, 5.74) is 8.73. The second-order valence-electron chi connectivity index (χ2n) is 10.1. The molecule has 2 amide bonds. The van der Waals surface area contributed by atoms with Gasteiger partial charge in [0.05, 0.1) is 36.2 Å². The number of carbonyl (C=O) groups excluding carboxylic acids is 2. The van der Waals surface area contributed by atoms with Gasteiger partial charge in [-0.2, -0.15) is 11.2 Å². The molecule has 1 aromatic carbocycles. The van der Waals surface area contributed by atoms with Gasteiger partial charge < -0.3 is 15.5 Å². The molecular formula is C23H28N6O4S. The van der Waals surface area contributed by atoms with Crippen LogP contribution in [0.15, 0.2) is 23.1 Å². The quantitative estimate of drug-likeness (QED) is 0.324. The number of rotatable bonds is 7. The number of carbonyl (C=O) groups is 2. The molecule has 7 atom stereocenters. The Hall–Kier alpha value is -2.20. The summed E-state index contributed by atoms with van der Waals surface area (Å²) < 4.78 is 4.75. The zero-order chi connectivity index (χ0) is 23.6. The Morgan fingerprint density at radius 1 is 1.29 bits per heavy atom. The fourth-order valence-corrected chi connectivity index (χ4v) is 7.11. The van der Waals surface area contributed by atoms with Gasteiger partial charge in [0.1, 0.15) is 6.04 Å². The van der Waals surface area contributed by atoms with E-state index in [1.54, 1.807) is 4.90 Å². The number of fused-ring (bicyclic) bond motifs is 4. The first-order valence-electron chi connectivity index (χ1n) is 11.9. The number of nitrogens with zero attached hydrogens (tertiary/aromatic N) is 4. The molecule has 1 aromatic rings. The van der Waals surface area contributed by atoms with Gasteiger partial charge in [-0.3, -0.25) is 14.5 Å². The number of nitriles is 1. The number of likely N-dealkylation sites (tertiary alicyclic amines) is 3. The first kappa shape index (κ1) is 22.3. The van der Waals surface area contributed by atoms with Crippen LogP contribution in [0.2, 0.25) is 0 Å². The van der Waals surface area contributed by atoms with Crippen LogP contribution in [0.4, 0.5) is 0 Å². The summed E-state index contributed by atoms with van der Waals surface area (Å²) >= 11 is 1.06. The van der Waals surface area contributed by atoms with E-state index in [0.29, 0.717) is 12.5 Å². The largest absolute Gasteiger partial charge is 0.330 e. The molecule has 3 aliphatic heterocycles. The molecule has 10 nitrogen and oxygen atoms in total. The van der Waals surface area contributed by atoms with E-state index in [1.807, 2.05) is 6.07 Å². The van der Waals surface area contributed by atoms with Gasteiger partial charge >= 0.3 is 0 Å². The monoisotopic (exact) mass is 484 g/mol. The lowest BCUT2D eigenvalue weighted by molar-refractivity contribution is -0.195. The average Bonchev–Trinajstić information content (AvgIpc) is 3.17. The molecule has 0 radical (unpaired) electrons. The van der Waals surface area contributed by atoms with Gasteiger partial charge in [-0.15, -0.1) is 9.32 Å². The average molecular weight is 485 g/mol. The smallest absolute Gasteiger partial charge is 0.242 e. The maximum Gasteiger partial charge on any atom is 0.242 e. The molecule has 180 valence electrons. The van der Waals surface area contributed by atoms with E-state index in [1.165, 1.54) is 11.1 Å². The summed E-state index contributed by atoms with van der Waals surface area (Å²) in [6, 6.07) is 7.43. The maximum atomic E-state index is 13.4. The summed E-state index contributed by atoms with van der Waals surface area (Å²) in [7, 11) is 0. The van der Waals surface area contributed by atoms with Gasteiger partial charge in [-0.25, -0.2) is 0 Å². The van der Waals surface area contributed by atoms with Gasteiger partial charge in [0.25, 0.3) is 0 Å². The van der Waals surface area contributed by atoms with Crippen LogP contribution in [-0.2, 0) is 25.3 Å². The molecule has 2 aliphatic carbocycles. The van der Waals surface area contributed by atoms with Crippen LogP contribution >= 0.6 is 12.0 Å². The van der Waals surface area contributed by atoms with Crippen molar-refractivity contribution in [1.29, 1.82) is 5.26 Å². The predicted molar refractivity (Wildman–Crippen MR) is 121 cm³/mol. The standard InChI is InChI=1S/C23H28N6O4S/c24-9-14-5-13-7-20(13)28(14)22(30)18(25)11-27-10-15-8-21(27)23(31)29(15)19-4-1-12-6-16(34-33-32-26)2-3-17(12)19/h2-3,6,13-15,18-21H,1,4-5,7-8,10-11,25-26H2/t13-,14+,15-,18+,19-,20?,21-/m1/s1. The van der Waals surface area contributed by atoms with E-state index < -0.39 is 6.04 Å². The third-order valence-corrected chi connectivity index (χ3v) is 8.83. The van der Waals surface area contributed by atoms with Gasteiger partial charge in [-0.05, 0) is 61.3 Å². The summed E-state index contributed by atoms with van der Waals surface area (Å²) in [6.07, 6.45) is 4.32. The van der Waals surface area contributed by atoms with Crippen LogP contribution in [0, 0.1) is 17.2 Å². The van der Waals surface area contributed by atoms with Crippen molar-refractivity contribution in [2.45, 2.75) is 73.3 Å². The van der Waals surface area contributed by atoms with Crippen LogP contribution < -0.4 is 11.6 Å². The van der Waals surface area contributed by atoms with Crippen LogP contribution in [0.1, 0.15) is 42.9 Å². The molecule has 4 N–H and O–H groups in total. The Morgan fingerprint density at radius 3 is 2.91 bits per heavy atom. The van der Waals surface area contributed by atoms with E-state index in [4.69, 9.17) is 16.0 Å². The van der Waals surface area contributed by atoms with E-state index in [9.17, 15) is 14.9 Å². The number of piperidine rings is 1. The van der Waals surface area contributed by atoms with Gasteiger partial charge in [0.2, 0.25) is 11.8 Å². The van der Waals surface area contributed by atoms with Crippen molar-refractivity contribution in [3.8, 4) is 6.07 Å². The third kappa shape index (κ3) is 3.52. The first-order valence-corrected chi connectivity index (χ1v) is 12.6. The van der Waals surface area contributed by atoms with Crippen LogP contribution in [0.5, 0.6) is 0 Å². The van der Waals surface area contributed by atoms with Crippen molar-refractivity contribution >= 4 is 23.9 Å². The van der Waals surface area contributed by atoms with Crippen molar-refractivity contribution < 1.29 is 18.9 Å². The minimum absolute atomic E-state index is 0.0773. The zero-order valence-electron chi connectivity index (χ0n) is 18.7. The highest BCUT2D eigenvalue weighted by molar-refractivity contribution is 7.94. The normalized spacial score (nSPS) is 34.3. The third-order valence-electron chi connectivity index (χ3n) is 8.24. The van der Waals surface area contributed by atoms with Crippen molar-refractivity contribution in [1.82, 2.24) is 14.7 Å². The molecule has 0 aromatic heterocycles. The fourth-order valence-electron chi connectivity index (χ4n) is 6.68. The predicted octanol–water partition coefficient (Wildman–Crippen LogP) is 0.628. The molecule has 11 heteroatoms. The maximum absolute atomic E-state index is 13.4. The van der Waals surface area contributed by atoms with Gasteiger partial charge in [0.15, 0.2) is 0 Å². The highest BCUT2D eigenvalue weighted by atomic mass is 32.2. The zero-order valence-corrected chi connectivity index (χ0v) is 19.5. The number of nitrogens with two attached hydrogens (primary N) is 2. The second-order valence-corrected chi connectivity index (χ2v) is 10.8. The number of hydrogen-bond donors (Lipinski definition) is 2. The summed E-state index contributed by atoms with van der Waals surface area (Å²) in [6.45, 7) is 1.09. The molecule has 4 fully saturated rings. The van der Waals surface area contributed by atoms with Gasteiger partial charge in [-0.1, -0.05) is 6.07 Å². The number of hydrogen-bond acceptors (Lipinski definition) is 9. The SMILES string of the molecule is N#C[C@@H]1C[C@@H]2CC2N1C(=O)[C@@H](N)CN1C[C@H]2C[C@@H]1C(=O)N2[C@@H]1CCc2cc(SOON)ccc21. The Morgan fingerprint density at radius 2 is 2.15 bits per heavy atom. The molecule has 0 spiro atoms. The van der Waals surface area contributed by atoms with Crippen LogP contribution in [-0.4, -0.2) is 69.8 Å². The highest BCUT2D eigenvalue weighted by Gasteiger charge is 2.56. The van der Waals surface area contributed by atoms with E-state index in [2.05, 4.69) is 33.0 Å². The number of benzene rings is 1. The minimum Gasteiger partial charge on any atom is -0.330 e. The molecule has 3 heterocycles. The summed E-state index contributed by atoms with van der Waals surface area (Å²) in [5, 5.41) is 9.40. The lowest BCUT2D eigenvalue weighted by Gasteiger charge is -2.38. The topological polar surface area (TPSA) is 138 Å². The van der Waals surface area contributed by atoms with Crippen molar-refractivity contribution in [2.24, 2.45) is 17.5 Å².